The van der Waals surface area contributed by atoms with Crippen LogP contribution in [0.1, 0.15) is 6.92 Å². The second-order valence-electron chi connectivity index (χ2n) is 3.39. The van der Waals surface area contributed by atoms with Gasteiger partial charge in [0, 0.05) is 6.92 Å². The molecule has 6 heteroatoms. The van der Waals surface area contributed by atoms with Crippen molar-refractivity contribution in [3.8, 4) is 5.75 Å². The van der Waals surface area contributed by atoms with Crippen molar-refractivity contribution in [1.82, 2.24) is 5.32 Å². The van der Waals surface area contributed by atoms with Crippen molar-refractivity contribution in [1.29, 1.82) is 0 Å². The Morgan fingerprint density at radius 3 is 2.41 bits per heavy atom. The fraction of sp³-hybridized carbons (Fsp3) is 0.273. The lowest BCUT2D eigenvalue weighted by Gasteiger charge is -2.29. The number of carbonyl (C=O) groups is 2. The van der Waals surface area contributed by atoms with E-state index in [-0.39, 0.29) is 5.75 Å². The van der Waals surface area contributed by atoms with E-state index in [9.17, 15) is 9.59 Å². The lowest BCUT2D eigenvalue weighted by Crippen LogP contribution is -2.60. The van der Waals surface area contributed by atoms with Gasteiger partial charge in [0.1, 0.15) is 5.75 Å². The fourth-order valence-electron chi connectivity index (χ4n) is 1.24. The van der Waals surface area contributed by atoms with Gasteiger partial charge >= 0.3 is 5.97 Å². The minimum Gasteiger partial charge on any atom is -0.477 e. The van der Waals surface area contributed by atoms with Crippen molar-refractivity contribution in [2.75, 3.05) is 5.75 Å². The molecule has 2 N–H and O–H groups in total. The van der Waals surface area contributed by atoms with Crippen LogP contribution < -0.4 is 10.1 Å². The first-order valence-corrected chi connectivity index (χ1v) is 5.50. The Balaban J connectivity index is 2.98. The Morgan fingerprint density at radius 2 is 2.00 bits per heavy atom. The predicted octanol–water partition coefficient (Wildman–Crippen LogP) is 0.912. The van der Waals surface area contributed by atoms with Gasteiger partial charge in [-0.3, -0.25) is 4.79 Å². The number of nitrogens with one attached hydrogen (secondary N) is 1. The maximum absolute atomic E-state index is 11.2. The number of hydrogen-bond acceptors (Lipinski definition) is 4. The number of thiol groups is 1. The number of para-hydroxylation sites is 1. The van der Waals surface area contributed by atoms with E-state index in [0.29, 0.717) is 5.75 Å². The highest BCUT2D eigenvalue weighted by atomic mass is 32.1. The monoisotopic (exact) mass is 255 g/mol. The molecule has 0 heterocycles. The second-order valence-corrected chi connectivity index (χ2v) is 3.70. The van der Waals surface area contributed by atoms with Gasteiger partial charge < -0.3 is 15.2 Å². The van der Waals surface area contributed by atoms with Crippen LogP contribution in [0.3, 0.4) is 0 Å². The van der Waals surface area contributed by atoms with E-state index in [0.717, 1.165) is 0 Å². The van der Waals surface area contributed by atoms with Crippen LogP contribution >= 0.6 is 12.6 Å². The van der Waals surface area contributed by atoms with E-state index >= 15 is 0 Å². The molecule has 0 aliphatic rings. The summed E-state index contributed by atoms with van der Waals surface area (Å²) >= 11 is 3.93. The molecule has 0 aliphatic heterocycles. The summed E-state index contributed by atoms with van der Waals surface area (Å²) in [5.74, 6) is -1.64. The van der Waals surface area contributed by atoms with Crippen molar-refractivity contribution in [2.24, 2.45) is 0 Å². The number of hydrogen-bond donors (Lipinski definition) is 3. The molecule has 1 unspecified atom stereocenters. The summed E-state index contributed by atoms with van der Waals surface area (Å²) in [4.78, 5) is 22.2. The van der Waals surface area contributed by atoms with Crippen LogP contribution in [-0.2, 0) is 9.59 Å². The minimum atomic E-state index is -1.85. The third-order valence-electron chi connectivity index (χ3n) is 1.98. The first kappa shape index (κ1) is 13.4. The molecule has 0 spiro atoms. The van der Waals surface area contributed by atoms with Crippen LogP contribution in [0.25, 0.3) is 0 Å². The van der Waals surface area contributed by atoms with Crippen molar-refractivity contribution in [3.05, 3.63) is 30.3 Å². The molecule has 0 radical (unpaired) electrons. The highest BCUT2D eigenvalue weighted by Gasteiger charge is 2.41. The molecule has 1 rings (SSSR count). The zero-order valence-corrected chi connectivity index (χ0v) is 10.1. The van der Waals surface area contributed by atoms with Crippen molar-refractivity contribution in [3.63, 3.8) is 0 Å². The summed E-state index contributed by atoms with van der Waals surface area (Å²) in [6.45, 7) is 1.22. The molecule has 0 aliphatic carbocycles. The molecule has 0 saturated carbocycles. The van der Waals surface area contributed by atoms with Crippen LogP contribution in [-0.4, -0.2) is 28.5 Å². The quantitative estimate of drug-likeness (QED) is 0.540. The van der Waals surface area contributed by atoms with Gasteiger partial charge in [0.15, 0.2) is 0 Å². The number of rotatable bonds is 5. The highest BCUT2D eigenvalue weighted by molar-refractivity contribution is 7.80. The predicted molar refractivity (Wildman–Crippen MR) is 65.1 cm³/mol. The summed E-state index contributed by atoms with van der Waals surface area (Å²) in [7, 11) is 0. The van der Waals surface area contributed by atoms with Gasteiger partial charge in [0.05, 0.1) is 5.75 Å². The fourth-order valence-corrected chi connectivity index (χ4v) is 1.52. The van der Waals surface area contributed by atoms with E-state index in [1.165, 1.54) is 6.92 Å². The molecule has 0 saturated heterocycles. The molecule has 0 aromatic heterocycles. The molecule has 1 aromatic rings. The van der Waals surface area contributed by atoms with Crippen molar-refractivity contribution < 1.29 is 19.4 Å². The molecular weight excluding hydrogens is 242 g/mol. The summed E-state index contributed by atoms with van der Waals surface area (Å²) in [5, 5.41) is 11.4. The average molecular weight is 255 g/mol. The SMILES string of the molecule is CC(=O)NC(CS)(Oc1ccccc1)C(=O)O. The zero-order valence-electron chi connectivity index (χ0n) is 9.21. The molecule has 5 nitrogen and oxygen atoms in total. The number of amides is 1. The average Bonchev–Trinajstić information content (AvgIpc) is 2.28. The number of ether oxygens (including phenoxy) is 1. The Kier molecular flexibility index (Phi) is 4.39. The van der Waals surface area contributed by atoms with Gasteiger partial charge in [0.25, 0.3) is 5.72 Å². The maximum atomic E-state index is 11.2. The number of carbonyl (C=O) groups excluding carboxylic acids is 1. The smallest absolute Gasteiger partial charge is 0.370 e. The lowest BCUT2D eigenvalue weighted by atomic mass is 10.2. The largest absolute Gasteiger partial charge is 0.477 e. The Morgan fingerprint density at radius 1 is 1.41 bits per heavy atom. The first-order valence-electron chi connectivity index (χ1n) is 4.87. The summed E-state index contributed by atoms with van der Waals surface area (Å²) in [6, 6.07) is 8.38. The standard InChI is InChI=1S/C11H13NO4S/c1-8(13)12-11(7-17,10(14)15)16-9-5-3-2-4-6-9/h2-6,17H,7H2,1H3,(H,12,13)(H,14,15). The number of carboxylic acids is 1. The number of aliphatic carboxylic acids is 1. The van der Waals surface area contributed by atoms with Crippen LogP contribution in [0.4, 0.5) is 0 Å². The molecule has 92 valence electrons. The normalized spacial score (nSPS) is 13.5. The van der Waals surface area contributed by atoms with Crippen LogP contribution in [0.5, 0.6) is 5.75 Å². The Hall–Kier alpha value is -1.69. The first-order chi connectivity index (χ1) is 8.00. The molecule has 1 atom stereocenters. The van der Waals surface area contributed by atoms with Gasteiger partial charge in [-0.2, -0.15) is 12.6 Å². The van der Waals surface area contributed by atoms with E-state index in [1.54, 1.807) is 30.3 Å². The molecule has 0 fully saturated rings. The summed E-state index contributed by atoms with van der Waals surface area (Å²) in [5.41, 5.74) is -1.85. The highest BCUT2D eigenvalue weighted by Crippen LogP contribution is 2.18. The van der Waals surface area contributed by atoms with Crippen molar-refractivity contribution in [2.45, 2.75) is 12.6 Å². The summed E-state index contributed by atoms with van der Waals surface area (Å²) < 4.78 is 5.32. The lowest BCUT2D eigenvalue weighted by molar-refractivity contribution is -0.159. The third kappa shape index (κ3) is 3.39. The van der Waals surface area contributed by atoms with E-state index in [4.69, 9.17) is 9.84 Å². The van der Waals surface area contributed by atoms with Crippen LogP contribution in [0.15, 0.2) is 30.3 Å². The van der Waals surface area contributed by atoms with Crippen LogP contribution in [0, 0.1) is 0 Å². The maximum Gasteiger partial charge on any atom is 0.370 e. The molecule has 17 heavy (non-hydrogen) atoms. The minimum absolute atomic E-state index is 0.184. The van der Waals surface area contributed by atoms with Crippen molar-refractivity contribution >= 4 is 24.5 Å². The van der Waals surface area contributed by atoms with Gasteiger partial charge in [-0.25, -0.2) is 4.79 Å². The topological polar surface area (TPSA) is 75.6 Å². The molecule has 1 aromatic carbocycles. The third-order valence-corrected chi connectivity index (χ3v) is 2.43. The number of carboxylic acid groups (broad SMARTS) is 1. The number of benzene rings is 1. The Bertz CT molecular complexity index is 409. The van der Waals surface area contributed by atoms with Gasteiger partial charge in [-0.1, -0.05) is 18.2 Å². The van der Waals surface area contributed by atoms with Gasteiger partial charge in [-0.05, 0) is 12.1 Å². The van der Waals surface area contributed by atoms with E-state index < -0.39 is 17.6 Å². The van der Waals surface area contributed by atoms with Gasteiger partial charge in [-0.15, -0.1) is 0 Å². The Labute approximate surface area is 104 Å². The van der Waals surface area contributed by atoms with E-state index in [2.05, 4.69) is 17.9 Å². The second kappa shape index (κ2) is 5.58. The van der Waals surface area contributed by atoms with E-state index in [1.807, 2.05) is 0 Å². The zero-order chi connectivity index (χ0) is 12.9. The molecular formula is C11H13NO4S. The van der Waals surface area contributed by atoms with Gasteiger partial charge in [0.2, 0.25) is 5.91 Å². The van der Waals surface area contributed by atoms with Crippen LogP contribution in [0.2, 0.25) is 0 Å². The molecule has 1 amide bonds. The summed E-state index contributed by atoms with van der Waals surface area (Å²) in [6.07, 6.45) is 0. The molecule has 0 bridgehead atoms.